The van der Waals surface area contributed by atoms with Gasteiger partial charge in [-0.3, -0.25) is 9.59 Å². The molecule has 3 aromatic rings. The van der Waals surface area contributed by atoms with Gasteiger partial charge in [-0.15, -0.1) is 0 Å². The zero-order chi connectivity index (χ0) is 24.9. The molecule has 1 aliphatic rings. The number of anilines is 4. The maximum Gasteiger partial charge on any atom is 0.221 e. The highest BCUT2D eigenvalue weighted by Gasteiger charge is 2.22. The Morgan fingerprint density at radius 2 is 1.74 bits per heavy atom. The number of aliphatic hydroxyl groups is 1. The Morgan fingerprint density at radius 3 is 2.49 bits per heavy atom. The third kappa shape index (κ3) is 5.73. The maximum absolute atomic E-state index is 13.5. The standard InChI is InChI=1S/C27H29N5O3/c1-17-7-9-24(32-16-23(11-12-33)30-31-32)15-26(17)27(35)25-10-8-22(13-18(25)2)29-21-6-4-5-20(14-21)28-19(3)34/h4-10,13-15,23,29,33H,11-12,16H2,1-3H3,(H,28,34). The van der Waals surface area contributed by atoms with Crippen LogP contribution >= 0.6 is 0 Å². The molecule has 0 spiro atoms. The lowest BCUT2D eigenvalue weighted by molar-refractivity contribution is -0.114. The number of aryl methyl sites for hydroxylation is 2. The van der Waals surface area contributed by atoms with Crippen molar-refractivity contribution in [3.63, 3.8) is 0 Å². The number of hydrogen-bond acceptors (Lipinski definition) is 7. The smallest absolute Gasteiger partial charge is 0.221 e. The molecule has 8 heteroatoms. The molecule has 1 amide bonds. The number of nitrogens with zero attached hydrogens (tertiary/aromatic N) is 3. The molecule has 3 aromatic carbocycles. The van der Waals surface area contributed by atoms with Gasteiger partial charge in [0.05, 0.1) is 18.3 Å². The number of nitrogens with one attached hydrogen (secondary N) is 2. The highest BCUT2D eigenvalue weighted by atomic mass is 16.3. The summed E-state index contributed by atoms with van der Waals surface area (Å²) in [6, 6.07) is 18.8. The van der Waals surface area contributed by atoms with Gasteiger partial charge < -0.3 is 15.7 Å². The van der Waals surface area contributed by atoms with Crippen molar-refractivity contribution < 1.29 is 14.7 Å². The number of ketones is 1. The second-order valence-electron chi connectivity index (χ2n) is 8.70. The molecule has 180 valence electrons. The molecule has 0 saturated carbocycles. The fourth-order valence-electron chi connectivity index (χ4n) is 4.06. The van der Waals surface area contributed by atoms with Gasteiger partial charge in [0.25, 0.3) is 0 Å². The Labute approximate surface area is 204 Å². The fourth-order valence-corrected chi connectivity index (χ4v) is 4.06. The molecule has 1 unspecified atom stereocenters. The number of hydrogen-bond donors (Lipinski definition) is 3. The molecule has 35 heavy (non-hydrogen) atoms. The van der Waals surface area contributed by atoms with E-state index in [9.17, 15) is 9.59 Å². The van der Waals surface area contributed by atoms with Crippen molar-refractivity contribution in [2.24, 2.45) is 10.3 Å². The molecular formula is C27H29N5O3. The monoisotopic (exact) mass is 471 g/mol. The number of aliphatic hydroxyl groups excluding tert-OH is 1. The minimum atomic E-state index is -0.127. The highest BCUT2D eigenvalue weighted by Crippen LogP contribution is 2.28. The Hall–Kier alpha value is -4.04. The number of carbonyl (C=O) groups excluding carboxylic acids is 2. The molecule has 1 heterocycles. The first kappa shape index (κ1) is 24.1. The summed E-state index contributed by atoms with van der Waals surface area (Å²) in [6.07, 6.45) is 0.564. The summed E-state index contributed by atoms with van der Waals surface area (Å²) in [7, 11) is 0. The van der Waals surface area contributed by atoms with E-state index < -0.39 is 0 Å². The Bertz CT molecular complexity index is 1290. The van der Waals surface area contributed by atoms with Crippen LogP contribution in [-0.4, -0.2) is 36.0 Å². The average molecular weight is 472 g/mol. The summed E-state index contributed by atoms with van der Waals surface area (Å²) in [6.45, 7) is 5.96. The van der Waals surface area contributed by atoms with E-state index in [0.717, 1.165) is 28.2 Å². The van der Waals surface area contributed by atoms with Gasteiger partial charge in [0.1, 0.15) is 0 Å². The van der Waals surface area contributed by atoms with Crippen LogP contribution in [0.15, 0.2) is 71.0 Å². The molecule has 1 atom stereocenters. The molecule has 0 saturated heterocycles. The van der Waals surface area contributed by atoms with Gasteiger partial charge >= 0.3 is 0 Å². The van der Waals surface area contributed by atoms with Gasteiger partial charge in [0.15, 0.2) is 5.78 Å². The first-order chi connectivity index (χ1) is 16.8. The molecule has 8 nitrogen and oxygen atoms in total. The van der Waals surface area contributed by atoms with Crippen molar-refractivity contribution in [3.8, 4) is 0 Å². The van der Waals surface area contributed by atoms with Crippen LogP contribution in [0, 0.1) is 13.8 Å². The zero-order valence-corrected chi connectivity index (χ0v) is 20.1. The number of benzene rings is 3. The summed E-state index contributed by atoms with van der Waals surface area (Å²) < 4.78 is 0. The van der Waals surface area contributed by atoms with Gasteiger partial charge in [0, 0.05) is 41.7 Å². The van der Waals surface area contributed by atoms with E-state index in [1.165, 1.54) is 6.92 Å². The predicted molar refractivity (Wildman–Crippen MR) is 138 cm³/mol. The van der Waals surface area contributed by atoms with Crippen molar-refractivity contribution in [1.29, 1.82) is 0 Å². The van der Waals surface area contributed by atoms with Crippen LogP contribution in [0.3, 0.4) is 0 Å². The summed E-state index contributed by atoms with van der Waals surface area (Å²) >= 11 is 0. The Morgan fingerprint density at radius 1 is 0.971 bits per heavy atom. The molecular weight excluding hydrogens is 442 g/mol. The lowest BCUT2D eigenvalue weighted by Crippen LogP contribution is -2.21. The van der Waals surface area contributed by atoms with Gasteiger partial charge in [-0.1, -0.05) is 17.4 Å². The van der Waals surface area contributed by atoms with E-state index in [4.69, 9.17) is 5.11 Å². The van der Waals surface area contributed by atoms with Gasteiger partial charge in [-0.2, -0.15) is 5.11 Å². The summed E-state index contributed by atoms with van der Waals surface area (Å²) in [4.78, 5) is 24.8. The quantitative estimate of drug-likeness (QED) is 0.393. The lowest BCUT2D eigenvalue weighted by atomic mass is 9.95. The Kier molecular flexibility index (Phi) is 7.22. The van der Waals surface area contributed by atoms with Crippen molar-refractivity contribution >= 4 is 34.4 Å². The van der Waals surface area contributed by atoms with E-state index in [0.29, 0.717) is 29.8 Å². The largest absolute Gasteiger partial charge is 0.396 e. The minimum absolute atomic E-state index is 0.0401. The molecule has 0 fully saturated rings. The average Bonchev–Trinajstić information content (AvgIpc) is 3.28. The van der Waals surface area contributed by atoms with Crippen LogP contribution in [-0.2, 0) is 4.79 Å². The molecule has 0 aromatic heterocycles. The van der Waals surface area contributed by atoms with E-state index in [2.05, 4.69) is 21.0 Å². The van der Waals surface area contributed by atoms with Crippen molar-refractivity contribution in [3.05, 3.63) is 82.9 Å². The minimum Gasteiger partial charge on any atom is -0.396 e. The third-order valence-corrected chi connectivity index (χ3v) is 5.88. The van der Waals surface area contributed by atoms with Gasteiger partial charge in [-0.05, 0) is 79.9 Å². The number of rotatable bonds is 8. The van der Waals surface area contributed by atoms with Gasteiger partial charge in [-0.25, -0.2) is 5.01 Å². The van der Waals surface area contributed by atoms with Crippen molar-refractivity contribution in [1.82, 2.24) is 0 Å². The van der Waals surface area contributed by atoms with E-state index >= 15 is 0 Å². The molecule has 3 N–H and O–H groups in total. The van der Waals surface area contributed by atoms with E-state index in [1.54, 1.807) is 5.01 Å². The first-order valence-corrected chi connectivity index (χ1v) is 11.5. The van der Waals surface area contributed by atoms with Crippen LogP contribution in [0.1, 0.15) is 40.4 Å². The third-order valence-electron chi connectivity index (χ3n) is 5.88. The molecule has 0 radical (unpaired) electrons. The summed E-state index contributed by atoms with van der Waals surface area (Å²) in [5.41, 5.74) is 6.18. The normalized spacial score (nSPS) is 14.7. The first-order valence-electron chi connectivity index (χ1n) is 11.5. The van der Waals surface area contributed by atoms with Crippen LogP contribution in [0.25, 0.3) is 0 Å². The SMILES string of the molecule is CC(=O)Nc1cccc(Nc2ccc(C(=O)c3cc(N4CC(CCO)N=N4)ccc3C)c(C)c2)c1. The van der Waals surface area contributed by atoms with Crippen LogP contribution in [0.5, 0.6) is 0 Å². The maximum atomic E-state index is 13.5. The van der Waals surface area contributed by atoms with Crippen molar-refractivity contribution in [2.45, 2.75) is 33.2 Å². The van der Waals surface area contributed by atoms with E-state index in [1.807, 2.05) is 74.5 Å². The number of carbonyl (C=O) groups is 2. The topological polar surface area (TPSA) is 106 Å². The highest BCUT2D eigenvalue weighted by molar-refractivity contribution is 6.11. The summed E-state index contributed by atoms with van der Waals surface area (Å²) in [5.74, 6) is -0.179. The Balaban J connectivity index is 1.53. The lowest BCUT2D eigenvalue weighted by Gasteiger charge is -2.16. The second-order valence-corrected chi connectivity index (χ2v) is 8.70. The van der Waals surface area contributed by atoms with Crippen LogP contribution < -0.4 is 15.6 Å². The molecule has 0 aliphatic carbocycles. The van der Waals surface area contributed by atoms with Gasteiger partial charge in [0.2, 0.25) is 5.91 Å². The van der Waals surface area contributed by atoms with Crippen molar-refractivity contribution in [2.75, 3.05) is 28.8 Å². The van der Waals surface area contributed by atoms with Crippen LogP contribution in [0.2, 0.25) is 0 Å². The zero-order valence-electron chi connectivity index (χ0n) is 20.1. The molecule has 0 bridgehead atoms. The summed E-state index contributed by atoms with van der Waals surface area (Å²) in [5, 5.41) is 25.4. The number of amides is 1. The fraction of sp³-hybridized carbons (Fsp3) is 0.259. The molecule has 4 rings (SSSR count). The molecule has 1 aliphatic heterocycles. The van der Waals surface area contributed by atoms with E-state index in [-0.39, 0.29) is 24.3 Å². The predicted octanol–water partition coefficient (Wildman–Crippen LogP) is 5.17. The van der Waals surface area contributed by atoms with Crippen LogP contribution in [0.4, 0.5) is 22.7 Å². The second kappa shape index (κ2) is 10.5.